The summed E-state index contributed by atoms with van der Waals surface area (Å²) in [6.45, 7) is 2.67. The van der Waals surface area contributed by atoms with Crippen LogP contribution in [0.25, 0.3) is 0 Å². The van der Waals surface area contributed by atoms with Gasteiger partial charge in [0.1, 0.15) is 16.4 Å². The Labute approximate surface area is 326 Å². The maximum atomic E-state index is 14.7. The second-order valence-corrected chi connectivity index (χ2v) is 15.9. The molecule has 5 aromatic rings. The van der Waals surface area contributed by atoms with Gasteiger partial charge in [-0.15, -0.1) is 0 Å². The molecule has 7 heteroatoms. The van der Waals surface area contributed by atoms with Crippen LogP contribution < -0.4 is 0 Å². The van der Waals surface area contributed by atoms with Gasteiger partial charge in [-0.05, 0) is 39.9 Å². The van der Waals surface area contributed by atoms with E-state index in [1.165, 1.54) is 0 Å². The van der Waals surface area contributed by atoms with Crippen LogP contribution in [0.3, 0.4) is 0 Å². The minimum Gasteiger partial charge on any atom is -0.385 e. The molecule has 1 N–H and O–H groups in total. The number of rotatable bonds is 13. The van der Waals surface area contributed by atoms with Crippen LogP contribution in [0, 0.1) is 0 Å². The summed E-state index contributed by atoms with van der Waals surface area (Å²) in [4.78, 5) is 32.9. The highest BCUT2D eigenvalue weighted by Crippen LogP contribution is 2.44. The van der Waals surface area contributed by atoms with Crippen molar-refractivity contribution in [2.45, 2.75) is 42.1 Å². The number of halogens is 1. The molecule has 5 aromatic carbocycles. The Bertz CT molecular complexity index is 1780. The van der Waals surface area contributed by atoms with Gasteiger partial charge in [0.2, 0.25) is 11.8 Å². The number of carbonyl (C=O) groups excluding carboxylic acids is 2. The summed E-state index contributed by atoms with van der Waals surface area (Å²) in [7, 11) is 7.34. The first-order valence-corrected chi connectivity index (χ1v) is 19.3. The number of hydrogen-bond donors (Lipinski definition) is 1. The molecule has 1 aliphatic rings. The van der Waals surface area contributed by atoms with E-state index >= 15 is 0 Å². The second kappa shape index (κ2) is 16.3. The van der Waals surface area contributed by atoms with Crippen molar-refractivity contribution in [1.82, 2.24) is 9.80 Å². The minimum absolute atomic E-state index is 0.0263. The molecule has 0 radical (unpaired) electrons. The lowest BCUT2D eigenvalue weighted by Gasteiger charge is -2.50. The molecule has 0 atom stereocenters. The summed E-state index contributed by atoms with van der Waals surface area (Å²) in [5.74, 6) is 0.0527. The normalized spacial score (nSPS) is 15.3. The number of quaternary nitrogens is 1. The van der Waals surface area contributed by atoms with Crippen LogP contribution >= 0.6 is 11.6 Å². The topological polar surface area (TPSA) is 60.9 Å². The van der Waals surface area contributed by atoms with E-state index in [4.69, 9.17) is 11.6 Å². The van der Waals surface area contributed by atoms with E-state index in [0.717, 1.165) is 27.8 Å². The Balaban J connectivity index is 1.47. The van der Waals surface area contributed by atoms with Gasteiger partial charge in [0.25, 0.3) is 0 Å². The van der Waals surface area contributed by atoms with Crippen molar-refractivity contribution in [3.8, 4) is 0 Å². The molecule has 2 amide bonds. The van der Waals surface area contributed by atoms with Crippen LogP contribution in [0.1, 0.15) is 53.5 Å². The Morgan fingerprint density at radius 3 is 1.19 bits per heavy atom. The van der Waals surface area contributed by atoms with Gasteiger partial charge in [0, 0.05) is 58.9 Å². The highest BCUT2D eigenvalue weighted by molar-refractivity contribution is 6.30. The second-order valence-electron chi connectivity index (χ2n) is 15.4. The third-order valence-corrected chi connectivity index (χ3v) is 12.2. The Morgan fingerprint density at radius 2 is 0.889 bits per heavy atom. The van der Waals surface area contributed by atoms with Gasteiger partial charge >= 0.3 is 0 Å². The lowest BCUT2D eigenvalue weighted by Crippen LogP contribution is -2.60. The summed E-state index contributed by atoms with van der Waals surface area (Å²) in [5.41, 5.74) is 1.76. The van der Waals surface area contributed by atoms with Gasteiger partial charge in [0.05, 0.1) is 26.2 Å². The number of benzene rings is 5. The first-order chi connectivity index (χ1) is 26.0. The van der Waals surface area contributed by atoms with Crippen LogP contribution in [0.2, 0.25) is 5.02 Å². The number of likely N-dealkylation sites (tertiary alicyclic amines) is 1. The predicted molar refractivity (Wildman–Crippen MR) is 218 cm³/mol. The maximum absolute atomic E-state index is 14.7. The fraction of sp³-hybridized carbons (Fsp3) is 0.319. The highest BCUT2D eigenvalue weighted by Gasteiger charge is 2.50. The molecule has 54 heavy (non-hydrogen) atoms. The molecule has 6 nitrogen and oxygen atoms in total. The van der Waals surface area contributed by atoms with Crippen LogP contribution in [0.5, 0.6) is 0 Å². The lowest BCUT2D eigenvalue weighted by molar-refractivity contribution is -0.936. The van der Waals surface area contributed by atoms with Crippen molar-refractivity contribution < 1.29 is 19.2 Å². The van der Waals surface area contributed by atoms with E-state index in [0.29, 0.717) is 61.4 Å². The number of carbonyl (C=O) groups is 2. The maximum Gasteiger partial charge on any atom is 0.237 e. The number of nitrogens with zero attached hydrogens (tertiary/aromatic N) is 3. The van der Waals surface area contributed by atoms with Gasteiger partial charge in [-0.25, -0.2) is 0 Å². The van der Waals surface area contributed by atoms with Crippen molar-refractivity contribution >= 4 is 23.4 Å². The molecule has 1 heterocycles. The molecular weight excluding hydrogens is 690 g/mol. The van der Waals surface area contributed by atoms with Gasteiger partial charge in [-0.2, -0.15) is 0 Å². The summed E-state index contributed by atoms with van der Waals surface area (Å²) in [6.07, 6.45) is 2.15. The van der Waals surface area contributed by atoms with Crippen LogP contribution in [0.15, 0.2) is 146 Å². The molecule has 1 saturated heterocycles. The molecular formula is C47H53ClN3O3+. The monoisotopic (exact) mass is 742 g/mol. The molecule has 1 aliphatic heterocycles. The van der Waals surface area contributed by atoms with E-state index < -0.39 is 16.4 Å². The third-order valence-electron chi connectivity index (χ3n) is 11.9. The molecule has 0 saturated carbocycles. The van der Waals surface area contributed by atoms with Crippen molar-refractivity contribution in [2.75, 3.05) is 54.4 Å². The number of likely N-dealkylation sites (N-methyl/N-ethyl adjacent to an activating group) is 2. The van der Waals surface area contributed by atoms with E-state index in [-0.39, 0.29) is 11.8 Å². The SMILES string of the molecule is CN(C)C(=O)C(CC[N+]1(CCC(C(=O)N(C)C)(c2ccccc2)c2ccccc2)CCC(O)(c2ccc(Cl)cc2)CC1)(c1ccccc1)c1ccccc1. The zero-order valence-corrected chi connectivity index (χ0v) is 32.8. The molecule has 0 unspecified atom stereocenters. The van der Waals surface area contributed by atoms with Crippen molar-refractivity contribution in [2.24, 2.45) is 0 Å². The van der Waals surface area contributed by atoms with E-state index in [1.807, 2.05) is 125 Å². The van der Waals surface area contributed by atoms with Crippen molar-refractivity contribution in [3.63, 3.8) is 0 Å². The van der Waals surface area contributed by atoms with Crippen LogP contribution in [0.4, 0.5) is 0 Å². The quantitative estimate of drug-likeness (QED) is 0.124. The molecule has 0 aliphatic carbocycles. The standard InChI is InChI=1S/C47H53ClN3O3/c1-49(2)43(52)46(38-17-9-5-10-18-38,39-19-11-6-12-20-39)31-35-51(33-29-45(54,30-34-51)37-25-27-42(48)28-26-37)36-32-47(44(53)50(3)4,40-21-13-7-14-22-40)41-23-15-8-16-24-41/h5-28,54H,29-36H2,1-4H3/q+1. The molecule has 0 bridgehead atoms. The first-order valence-electron chi connectivity index (χ1n) is 19.0. The summed E-state index contributed by atoms with van der Waals surface area (Å²) >= 11 is 6.26. The molecule has 0 aromatic heterocycles. The number of aliphatic hydroxyl groups is 1. The smallest absolute Gasteiger partial charge is 0.237 e. The highest BCUT2D eigenvalue weighted by atomic mass is 35.5. The summed E-state index contributed by atoms with van der Waals surface area (Å²) in [5, 5.41) is 12.8. The molecule has 0 spiro atoms. The number of amides is 2. The molecule has 6 rings (SSSR count). The number of piperidine rings is 1. The van der Waals surface area contributed by atoms with Gasteiger partial charge in [0.15, 0.2) is 0 Å². The van der Waals surface area contributed by atoms with E-state index in [2.05, 4.69) is 48.5 Å². The van der Waals surface area contributed by atoms with Crippen molar-refractivity contribution in [3.05, 3.63) is 178 Å². The largest absolute Gasteiger partial charge is 0.385 e. The third kappa shape index (κ3) is 7.61. The minimum atomic E-state index is -1.02. The predicted octanol–water partition coefficient (Wildman–Crippen LogP) is 8.07. The zero-order valence-electron chi connectivity index (χ0n) is 32.0. The zero-order chi connectivity index (χ0) is 38.4. The van der Waals surface area contributed by atoms with E-state index in [9.17, 15) is 14.7 Å². The Hall–Kier alpha value is -4.75. The molecule has 1 fully saturated rings. The first kappa shape index (κ1) is 39.0. The van der Waals surface area contributed by atoms with Gasteiger partial charge in [-0.3, -0.25) is 9.59 Å². The van der Waals surface area contributed by atoms with Crippen LogP contribution in [-0.4, -0.2) is 85.6 Å². The average Bonchev–Trinajstić information content (AvgIpc) is 3.21. The van der Waals surface area contributed by atoms with E-state index in [1.54, 1.807) is 9.80 Å². The lowest BCUT2D eigenvalue weighted by atomic mass is 9.69. The molecule has 280 valence electrons. The summed E-state index contributed by atoms with van der Waals surface area (Å²) in [6, 6.07) is 48.1. The Morgan fingerprint density at radius 1 is 0.574 bits per heavy atom. The Kier molecular flexibility index (Phi) is 11.8. The van der Waals surface area contributed by atoms with Crippen LogP contribution in [-0.2, 0) is 26.0 Å². The number of hydrogen-bond acceptors (Lipinski definition) is 3. The summed E-state index contributed by atoms with van der Waals surface area (Å²) < 4.78 is 0.639. The van der Waals surface area contributed by atoms with Crippen molar-refractivity contribution in [1.29, 1.82) is 0 Å². The fourth-order valence-electron chi connectivity index (χ4n) is 8.77. The van der Waals surface area contributed by atoms with Gasteiger partial charge in [-0.1, -0.05) is 145 Å². The average molecular weight is 743 g/mol. The fourth-order valence-corrected chi connectivity index (χ4v) is 8.90. The van der Waals surface area contributed by atoms with Gasteiger partial charge < -0.3 is 19.4 Å².